The molecule has 2 N–H and O–H groups in total. The largest absolute Gasteiger partial charge is 0.489 e. The highest BCUT2D eigenvalue weighted by Crippen LogP contribution is 2.23. The van der Waals surface area contributed by atoms with Crippen LogP contribution < -0.4 is 10.1 Å². The van der Waals surface area contributed by atoms with Crippen LogP contribution in [0.1, 0.15) is 21.5 Å². The molecule has 0 spiro atoms. The number of amides is 1. The van der Waals surface area contributed by atoms with E-state index in [0.717, 1.165) is 16.3 Å². The van der Waals surface area contributed by atoms with Gasteiger partial charge in [0.05, 0.1) is 0 Å². The molecule has 0 bridgehead atoms. The van der Waals surface area contributed by atoms with E-state index in [4.69, 9.17) is 4.74 Å². The Morgan fingerprint density at radius 2 is 1.58 bits per heavy atom. The van der Waals surface area contributed by atoms with Gasteiger partial charge in [0.15, 0.2) is 0 Å². The molecule has 0 aliphatic rings. The summed E-state index contributed by atoms with van der Waals surface area (Å²) in [4.78, 5) is 24.4. The molecule has 0 saturated carbocycles. The molecule has 6 heteroatoms. The molecule has 0 fully saturated rings. The van der Waals surface area contributed by atoms with Crippen molar-refractivity contribution in [3.63, 3.8) is 0 Å². The van der Waals surface area contributed by atoms with E-state index in [1.807, 2.05) is 48.5 Å². The first-order valence-corrected chi connectivity index (χ1v) is 10.5. The third-order valence-corrected chi connectivity index (χ3v) is 5.25. The number of halogens is 1. The molecule has 0 radical (unpaired) electrons. The first-order chi connectivity index (χ1) is 16.0. The molecule has 0 saturated heterocycles. The van der Waals surface area contributed by atoms with E-state index in [1.165, 1.54) is 18.2 Å². The average molecular weight is 443 g/mol. The highest BCUT2D eigenvalue weighted by molar-refractivity contribution is 6.00. The summed E-state index contributed by atoms with van der Waals surface area (Å²) in [6, 6.07) is 25.1. The fourth-order valence-electron chi connectivity index (χ4n) is 3.54. The minimum Gasteiger partial charge on any atom is -0.489 e. The molecule has 4 aromatic rings. The lowest BCUT2D eigenvalue weighted by atomic mass is 10.0. The standard InChI is InChI=1S/C27H22FNO4/c28-23-8-4-7-19(13-23)14-25(27(31)32)29-26(30)22-10-9-21-16-24(12-11-20(21)15-22)33-17-18-5-2-1-3-6-18/h1-13,15-16,25H,14,17H2,(H,29,30)(H,31,32)/t25-/m0/s1. The molecule has 5 nitrogen and oxygen atoms in total. The fourth-order valence-corrected chi connectivity index (χ4v) is 3.54. The van der Waals surface area contributed by atoms with Crippen LogP contribution in [-0.2, 0) is 17.8 Å². The zero-order chi connectivity index (χ0) is 23.2. The number of carbonyl (C=O) groups is 2. The molecule has 4 rings (SSSR count). The van der Waals surface area contributed by atoms with Crippen LogP contribution in [0.25, 0.3) is 10.8 Å². The second-order valence-electron chi connectivity index (χ2n) is 7.70. The van der Waals surface area contributed by atoms with Crippen LogP contribution in [0, 0.1) is 5.82 Å². The number of fused-ring (bicyclic) bond motifs is 1. The molecule has 1 amide bonds. The average Bonchev–Trinajstić information content (AvgIpc) is 2.82. The van der Waals surface area contributed by atoms with E-state index in [-0.39, 0.29) is 6.42 Å². The highest BCUT2D eigenvalue weighted by Gasteiger charge is 2.21. The summed E-state index contributed by atoms with van der Waals surface area (Å²) in [5, 5.41) is 13.8. The van der Waals surface area contributed by atoms with Crippen molar-refractivity contribution in [2.24, 2.45) is 0 Å². The Morgan fingerprint density at radius 1 is 0.848 bits per heavy atom. The third kappa shape index (κ3) is 5.74. The number of aliphatic carboxylic acids is 1. The van der Waals surface area contributed by atoms with Gasteiger partial charge in [0, 0.05) is 12.0 Å². The number of hydrogen-bond donors (Lipinski definition) is 2. The van der Waals surface area contributed by atoms with Gasteiger partial charge in [-0.2, -0.15) is 0 Å². The van der Waals surface area contributed by atoms with Crippen LogP contribution in [0.4, 0.5) is 4.39 Å². The molecule has 0 unspecified atom stereocenters. The minimum atomic E-state index is -1.19. The lowest BCUT2D eigenvalue weighted by Gasteiger charge is -2.15. The summed E-state index contributed by atoms with van der Waals surface area (Å²) >= 11 is 0. The Kier molecular flexibility index (Phi) is 6.64. The van der Waals surface area contributed by atoms with Crippen LogP contribution in [0.15, 0.2) is 91.0 Å². The highest BCUT2D eigenvalue weighted by atomic mass is 19.1. The molecule has 0 aromatic heterocycles. The number of nitrogens with one attached hydrogen (secondary N) is 1. The van der Waals surface area contributed by atoms with Crippen molar-refractivity contribution in [3.05, 3.63) is 114 Å². The normalized spacial score (nSPS) is 11.7. The summed E-state index contributed by atoms with van der Waals surface area (Å²) in [6.07, 6.45) is -0.0193. The lowest BCUT2D eigenvalue weighted by molar-refractivity contribution is -0.139. The summed E-state index contributed by atoms with van der Waals surface area (Å²) in [6.45, 7) is 0.453. The van der Waals surface area contributed by atoms with Crippen molar-refractivity contribution >= 4 is 22.6 Å². The molecule has 4 aromatic carbocycles. The molecule has 0 heterocycles. The molecular weight excluding hydrogens is 421 g/mol. The summed E-state index contributed by atoms with van der Waals surface area (Å²) in [5.41, 5.74) is 1.89. The summed E-state index contributed by atoms with van der Waals surface area (Å²) in [5.74, 6) is -1.44. The zero-order valence-electron chi connectivity index (χ0n) is 17.7. The van der Waals surface area contributed by atoms with Gasteiger partial charge in [0.2, 0.25) is 0 Å². The SMILES string of the molecule is O=C(N[C@@H](Cc1cccc(F)c1)C(=O)O)c1ccc2cc(OCc3ccccc3)ccc2c1. The van der Waals surface area contributed by atoms with E-state index in [0.29, 0.717) is 23.5 Å². The molecule has 1 atom stereocenters. The van der Waals surface area contributed by atoms with Gasteiger partial charge < -0.3 is 15.2 Å². The quantitative estimate of drug-likeness (QED) is 0.403. The van der Waals surface area contributed by atoms with E-state index in [2.05, 4.69) is 5.32 Å². The van der Waals surface area contributed by atoms with Crippen molar-refractivity contribution in [2.75, 3.05) is 0 Å². The number of benzene rings is 4. The Balaban J connectivity index is 1.45. The Morgan fingerprint density at radius 3 is 2.33 bits per heavy atom. The van der Waals surface area contributed by atoms with E-state index in [1.54, 1.807) is 24.3 Å². The first kappa shape index (κ1) is 22.0. The van der Waals surface area contributed by atoms with Gasteiger partial charge >= 0.3 is 5.97 Å². The number of rotatable bonds is 8. The van der Waals surface area contributed by atoms with E-state index < -0.39 is 23.7 Å². The summed E-state index contributed by atoms with van der Waals surface area (Å²) in [7, 11) is 0. The van der Waals surface area contributed by atoms with Crippen molar-refractivity contribution < 1.29 is 23.8 Å². The maximum atomic E-state index is 13.4. The zero-order valence-corrected chi connectivity index (χ0v) is 17.7. The van der Waals surface area contributed by atoms with Gasteiger partial charge in [-0.1, -0.05) is 54.6 Å². The smallest absolute Gasteiger partial charge is 0.326 e. The maximum Gasteiger partial charge on any atom is 0.326 e. The maximum absolute atomic E-state index is 13.4. The Labute approximate surface area is 190 Å². The number of hydrogen-bond acceptors (Lipinski definition) is 3. The van der Waals surface area contributed by atoms with Gasteiger partial charge in [-0.05, 0) is 58.3 Å². The predicted molar refractivity (Wildman–Crippen MR) is 124 cm³/mol. The van der Waals surface area contributed by atoms with E-state index >= 15 is 0 Å². The van der Waals surface area contributed by atoms with Gasteiger partial charge in [-0.15, -0.1) is 0 Å². The van der Waals surface area contributed by atoms with Gasteiger partial charge in [0.1, 0.15) is 24.2 Å². The Bertz CT molecular complexity index is 1290. The fraction of sp³-hybridized carbons (Fsp3) is 0.111. The molecule has 0 aliphatic carbocycles. The molecule has 166 valence electrons. The monoisotopic (exact) mass is 443 g/mol. The van der Waals surface area contributed by atoms with Crippen molar-refractivity contribution in [1.82, 2.24) is 5.32 Å². The second kappa shape index (κ2) is 9.96. The van der Waals surface area contributed by atoms with Gasteiger partial charge in [-0.3, -0.25) is 4.79 Å². The van der Waals surface area contributed by atoms with Crippen molar-refractivity contribution in [1.29, 1.82) is 0 Å². The number of carboxylic acids is 1. The van der Waals surface area contributed by atoms with Crippen molar-refractivity contribution in [2.45, 2.75) is 19.1 Å². The minimum absolute atomic E-state index is 0.0193. The number of ether oxygens (including phenoxy) is 1. The van der Waals surface area contributed by atoms with Gasteiger partial charge in [-0.25, -0.2) is 9.18 Å². The topological polar surface area (TPSA) is 75.6 Å². The summed E-state index contributed by atoms with van der Waals surface area (Å²) < 4.78 is 19.3. The Hall–Kier alpha value is -4.19. The molecule has 0 aliphatic heterocycles. The lowest BCUT2D eigenvalue weighted by Crippen LogP contribution is -2.42. The first-order valence-electron chi connectivity index (χ1n) is 10.5. The second-order valence-corrected chi connectivity index (χ2v) is 7.70. The molecule has 33 heavy (non-hydrogen) atoms. The van der Waals surface area contributed by atoms with Crippen LogP contribution in [0.3, 0.4) is 0 Å². The number of carboxylic acid groups (broad SMARTS) is 1. The van der Waals surface area contributed by atoms with Crippen LogP contribution >= 0.6 is 0 Å². The third-order valence-electron chi connectivity index (χ3n) is 5.25. The van der Waals surface area contributed by atoms with Gasteiger partial charge in [0.25, 0.3) is 5.91 Å². The van der Waals surface area contributed by atoms with E-state index in [9.17, 15) is 19.1 Å². The van der Waals surface area contributed by atoms with Crippen LogP contribution in [-0.4, -0.2) is 23.0 Å². The van der Waals surface area contributed by atoms with Crippen molar-refractivity contribution in [3.8, 4) is 5.75 Å². The van der Waals surface area contributed by atoms with Crippen LogP contribution in [0.2, 0.25) is 0 Å². The number of carbonyl (C=O) groups excluding carboxylic acids is 1. The van der Waals surface area contributed by atoms with Crippen LogP contribution in [0.5, 0.6) is 5.75 Å². The molecular formula is C27H22FNO4. The predicted octanol–water partition coefficient (Wildman–Crippen LogP) is 4.98.